The second-order valence-corrected chi connectivity index (χ2v) is 5.86. The first-order valence-electron chi connectivity index (χ1n) is 8.32. The minimum Gasteiger partial charge on any atom is -0.314 e. The number of nitrogens with one attached hydrogen (secondary N) is 2. The molecular formula is C18H18N8. The van der Waals surface area contributed by atoms with Gasteiger partial charge in [-0.25, -0.2) is 9.97 Å². The van der Waals surface area contributed by atoms with Crippen molar-refractivity contribution in [1.82, 2.24) is 19.5 Å². The van der Waals surface area contributed by atoms with Gasteiger partial charge in [0.25, 0.3) is 0 Å². The van der Waals surface area contributed by atoms with Gasteiger partial charge in [-0.15, -0.1) is 0 Å². The fraction of sp³-hybridized carbons (Fsp3) is 0.167. The van der Waals surface area contributed by atoms with Gasteiger partial charge in [-0.2, -0.15) is 4.98 Å². The van der Waals surface area contributed by atoms with E-state index in [-0.39, 0.29) is 6.04 Å². The molecule has 26 heavy (non-hydrogen) atoms. The molecule has 4 rings (SSSR count). The van der Waals surface area contributed by atoms with Crippen LogP contribution in [0.4, 0.5) is 17.2 Å². The number of fused-ring (bicyclic) bond motifs is 1. The van der Waals surface area contributed by atoms with E-state index in [2.05, 4.69) is 9.97 Å². The van der Waals surface area contributed by atoms with Crippen molar-refractivity contribution in [3.05, 3.63) is 55.2 Å². The van der Waals surface area contributed by atoms with Crippen molar-refractivity contribution in [1.29, 1.82) is 10.8 Å². The van der Waals surface area contributed by atoms with Crippen LogP contribution in [0.3, 0.4) is 0 Å². The monoisotopic (exact) mass is 346 g/mol. The van der Waals surface area contributed by atoms with Gasteiger partial charge >= 0.3 is 0 Å². The summed E-state index contributed by atoms with van der Waals surface area (Å²) in [7, 11) is 0. The minimum absolute atomic E-state index is 0.225. The van der Waals surface area contributed by atoms with E-state index < -0.39 is 0 Å². The Kier molecular flexibility index (Phi) is 3.92. The quantitative estimate of drug-likeness (QED) is 0.559. The zero-order valence-electron chi connectivity index (χ0n) is 14.2. The van der Waals surface area contributed by atoms with Crippen LogP contribution in [-0.2, 0) is 0 Å². The molecule has 0 saturated heterocycles. The molecule has 1 atom stereocenters. The lowest BCUT2D eigenvalue weighted by molar-refractivity contribution is 0.744. The summed E-state index contributed by atoms with van der Waals surface area (Å²) < 4.78 is 1.74. The lowest BCUT2D eigenvalue weighted by Gasteiger charge is -2.41. The van der Waals surface area contributed by atoms with E-state index in [9.17, 15) is 0 Å². The first kappa shape index (κ1) is 15.9. The van der Waals surface area contributed by atoms with E-state index in [4.69, 9.17) is 15.8 Å². The Hall–Kier alpha value is -3.55. The molecule has 0 spiro atoms. The molecule has 0 fully saturated rings. The molecule has 8 heteroatoms. The summed E-state index contributed by atoms with van der Waals surface area (Å²) in [6, 6.07) is 9.66. The van der Waals surface area contributed by atoms with Gasteiger partial charge in [-0.05, 0) is 18.6 Å². The van der Waals surface area contributed by atoms with Crippen molar-refractivity contribution in [3.63, 3.8) is 0 Å². The van der Waals surface area contributed by atoms with Crippen molar-refractivity contribution in [2.45, 2.75) is 19.4 Å². The Balaban J connectivity index is 1.94. The van der Waals surface area contributed by atoms with Crippen LogP contribution in [0.5, 0.6) is 0 Å². The second kappa shape index (κ2) is 6.40. The van der Waals surface area contributed by atoms with Crippen molar-refractivity contribution in [3.8, 4) is 5.95 Å². The van der Waals surface area contributed by atoms with E-state index in [1.165, 1.54) is 4.90 Å². The summed E-state index contributed by atoms with van der Waals surface area (Å²) in [5.41, 5.74) is 1.56. The Morgan fingerprint density at radius 2 is 2.04 bits per heavy atom. The number of anilines is 3. The number of amidine groups is 1. The highest BCUT2D eigenvalue weighted by Gasteiger charge is 2.36. The highest BCUT2D eigenvalue weighted by atomic mass is 15.4. The first-order chi connectivity index (χ1) is 12.7. The summed E-state index contributed by atoms with van der Waals surface area (Å²) in [5.74, 6) is 1.49. The smallest absolute Gasteiger partial charge is 0.237 e. The predicted octanol–water partition coefficient (Wildman–Crippen LogP) is 2.98. The van der Waals surface area contributed by atoms with E-state index in [1.54, 1.807) is 29.5 Å². The molecule has 0 saturated carbocycles. The van der Waals surface area contributed by atoms with Crippen LogP contribution >= 0.6 is 0 Å². The number of hydrogen-bond donors (Lipinski definition) is 2. The number of nitrogens with zero attached hydrogens (tertiary/aromatic N) is 6. The molecular weight excluding hydrogens is 328 g/mol. The summed E-state index contributed by atoms with van der Waals surface area (Å²) in [6.07, 6.45) is 8.61. The highest BCUT2D eigenvalue weighted by Crippen LogP contribution is 2.39. The highest BCUT2D eigenvalue weighted by molar-refractivity contribution is 6.17. The van der Waals surface area contributed by atoms with E-state index in [0.717, 1.165) is 12.0 Å². The molecule has 8 nitrogen and oxygen atoms in total. The van der Waals surface area contributed by atoms with E-state index >= 15 is 0 Å². The van der Waals surface area contributed by atoms with Gasteiger partial charge in [0.1, 0.15) is 17.9 Å². The average Bonchev–Trinajstić information content (AvgIpc) is 3.22. The largest absolute Gasteiger partial charge is 0.314 e. The zero-order chi connectivity index (χ0) is 18.1. The van der Waals surface area contributed by atoms with Crippen molar-refractivity contribution in [2.75, 3.05) is 9.80 Å². The molecule has 0 bridgehead atoms. The average molecular weight is 346 g/mol. The standard InChI is InChI=1S/C18H18N8/c1-2-14-16(20)25(11-19)15-10-22-18(24-9-8-21-12-24)23-17(15)26(14)13-6-4-3-5-7-13/h3-12,14,19-20H,2H2,1H3. The fourth-order valence-corrected chi connectivity index (χ4v) is 3.17. The fourth-order valence-electron chi connectivity index (χ4n) is 3.17. The van der Waals surface area contributed by atoms with E-state index in [0.29, 0.717) is 29.7 Å². The second-order valence-electron chi connectivity index (χ2n) is 5.86. The van der Waals surface area contributed by atoms with Gasteiger partial charge in [0.15, 0.2) is 5.82 Å². The predicted molar refractivity (Wildman–Crippen MR) is 101 cm³/mol. The lowest BCUT2D eigenvalue weighted by Crippen LogP contribution is -2.51. The molecule has 3 heterocycles. The summed E-state index contributed by atoms with van der Waals surface area (Å²) in [4.78, 5) is 16.8. The number of para-hydroxylation sites is 1. The molecule has 3 aromatic rings. The van der Waals surface area contributed by atoms with Crippen molar-refractivity contribution in [2.24, 2.45) is 0 Å². The third-order valence-electron chi connectivity index (χ3n) is 4.40. The van der Waals surface area contributed by atoms with Crippen LogP contribution in [0.15, 0.2) is 55.2 Å². The number of imidazole rings is 1. The molecule has 0 amide bonds. The number of aromatic nitrogens is 4. The van der Waals surface area contributed by atoms with E-state index in [1.807, 2.05) is 42.2 Å². The molecule has 0 radical (unpaired) electrons. The first-order valence-corrected chi connectivity index (χ1v) is 8.32. The van der Waals surface area contributed by atoms with Crippen LogP contribution in [-0.4, -0.2) is 37.7 Å². The maximum absolute atomic E-state index is 8.57. The summed E-state index contributed by atoms with van der Waals surface area (Å²) >= 11 is 0. The van der Waals surface area contributed by atoms with Crippen molar-refractivity contribution < 1.29 is 0 Å². The number of benzene rings is 1. The number of rotatable bonds is 4. The summed E-state index contributed by atoms with van der Waals surface area (Å²) in [6.45, 7) is 2.03. The Morgan fingerprint density at radius 1 is 1.23 bits per heavy atom. The molecule has 0 aliphatic carbocycles. The molecule has 2 N–H and O–H groups in total. The van der Waals surface area contributed by atoms with Crippen LogP contribution in [0.25, 0.3) is 5.95 Å². The Labute approximate surface area is 150 Å². The molecule has 1 unspecified atom stereocenters. The topological polar surface area (TPSA) is 97.8 Å². The Morgan fingerprint density at radius 3 is 2.69 bits per heavy atom. The van der Waals surface area contributed by atoms with Crippen LogP contribution in [0, 0.1) is 10.8 Å². The van der Waals surface area contributed by atoms with Gasteiger partial charge in [0, 0.05) is 18.1 Å². The molecule has 1 aromatic carbocycles. The third-order valence-corrected chi connectivity index (χ3v) is 4.40. The molecule has 130 valence electrons. The van der Waals surface area contributed by atoms with Gasteiger partial charge in [-0.1, -0.05) is 25.1 Å². The zero-order valence-corrected chi connectivity index (χ0v) is 14.2. The molecule has 1 aliphatic heterocycles. The lowest BCUT2D eigenvalue weighted by atomic mass is 10.1. The van der Waals surface area contributed by atoms with Crippen LogP contribution in [0.2, 0.25) is 0 Å². The maximum atomic E-state index is 8.57. The van der Waals surface area contributed by atoms with Crippen LogP contribution in [0.1, 0.15) is 13.3 Å². The van der Waals surface area contributed by atoms with Gasteiger partial charge in [0.05, 0.1) is 18.6 Å². The number of hydrogen-bond acceptors (Lipinski definition) is 6. The summed E-state index contributed by atoms with van der Waals surface area (Å²) in [5, 5.41) is 16.3. The molecule has 2 aromatic heterocycles. The maximum Gasteiger partial charge on any atom is 0.237 e. The Bertz CT molecular complexity index is 935. The molecule has 1 aliphatic rings. The SMILES string of the molecule is CCC1C(=N)N(C=N)c2cnc(-n3ccnc3)nc2N1c1ccccc1. The van der Waals surface area contributed by atoms with Gasteiger partial charge in [0.2, 0.25) is 5.95 Å². The van der Waals surface area contributed by atoms with Gasteiger partial charge in [-0.3, -0.25) is 20.3 Å². The van der Waals surface area contributed by atoms with Gasteiger partial charge < -0.3 is 4.90 Å². The van der Waals surface area contributed by atoms with Crippen LogP contribution < -0.4 is 9.80 Å². The van der Waals surface area contributed by atoms with Crippen molar-refractivity contribution >= 4 is 29.4 Å². The minimum atomic E-state index is -0.225. The normalized spacial score (nSPS) is 16.5. The third kappa shape index (κ3) is 2.43.